The van der Waals surface area contributed by atoms with Crippen LogP contribution in [0.2, 0.25) is 0 Å². The molecule has 0 fully saturated rings. The second-order valence-electron chi connectivity index (χ2n) is 7.15. The Morgan fingerprint density at radius 1 is 0.533 bits per heavy atom. The van der Waals surface area contributed by atoms with E-state index in [2.05, 4.69) is 9.97 Å². The van der Waals surface area contributed by atoms with Gasteiger partial charge in [-0.1, -0.05) is 48.5 Å². The molecule has 2 heterocycles. The van der Waals surface area contributed by atoms with Crippen LogP contribution in [0.25, 0.3) is 44.2 Å². The van der Waals surface area contributed by atoms with E-state index in [9.17, 15) is 10.2 Å². The fourth-order valence-electron chi connectivity index (χ4n) is 4.11. The molecule has 0 amide bonds. The SMILES string of the molecule is Oc1c(-n2cnc3ccccc32)c(-n2cnc3ccccc32)c(O)c2ccccc12. The highest BCUT2D eigenvalue weighted by Crippen LogP contribution is 2.45. The Balaban J connectivity index is 1.82. The number of aromatic hydroxyl groups is 2. The average Bonchev–Trinajstić information content (AvgIpc) is 3.40. The normalized spacial score (nSPS) is 11.6. The molecule has 6 aromatic rings. The molecule has 0 radical (unpaired) electrons. The van der Waals surface area contributed by atoms with Gasteiger partial charge in [0.15, 0.2) is 0 Å². The molecular formula is C24H16N4O2. The van der Waals surface area contributed by atoms with Gasteiger partial charge in [0.2, 0.25) is 0 Å². The summed E-state index contributed by atoms with van der Waals surface area (Å²) in [6, 6.07) is 22.6. The summed E-state index contributed by atoms with van der Waals surface area (Å²) in [4.78, 5) is 8.95. The molecule has 0 aliphatic heterocycles. The average molecular weight is 392 g/mol. The number of hydrogen-bond donors (Lipinski definition) is 2. The molecule has 0 unspecified atom stereocenters. The van der Waals surface area contributed by atoms with E-state index in [1.807, 2.05) is 60.7 Å². The largest absolute Gasteiger partial charge is 0.505 e. The quantitative estimate of drug-likeness (QED) is 0.410. The van der Waals surface area contributed by atoms with Crippen molar-refractivity contribution >= 4 is 32.8 Å². The fraction of sp³-hybridized carbons (Fsp3) is 0. The Labute approximate surface area is 170 Å². The Morgan fingerprint density at radius 2 is 0.933 bits per heavy atom. The summed E-state index contributed by atoms with van der Waals surface area (Å²) < 4.78 is 3.61. The maximum absolute atomic E-state index is 11.4. The first kappa shape index (κ1) is 16.6. The van der Waals surface area contributed by atoms with E-state index in [-0.39, 0.29) is 11.5 Å². The molecular weight excluding hydrogens is 376 g/mol. The Bertz CT molecular complexity index is 1460. The number of nitrogens with zero attached hydrogens (tertiary/aromatic N) is 4. The predicted octanol–water partition coefficient (Wildman–Crippen LogP) is 4.93. The standard InChI is InChI=1S/C24H16N4O2/c29-23-15-7-1-2-8-16(15)24(30)22(28-14-26-18-10-4-6-12-20(18)28)21(23)27-13-25-17-9-3-5-11-19(17)27/h1-14,29-30H. The molecule has 0 spiro atoms. The molecule has 30 heavy (non-hydrogen) atoms. The third kappa shape index (κ3) is 2.18. The van der Waals surface area contributed by atoms with Crippen LogP contribution in [0.3, 0.4) is 0 Å². The summed E-state index contributed by atoms with van der Waals surface area (Å²) in [5.41, 5.74) is 4.14. The van der Waals surface area contributed by atoms with Gasteiger partial charge in [0.25, 0.3) is 0 Å². The molecule has 2 aromatic heterocycles. The minimum Gasteiger partial charge on any atom is -0.505 e. The van der Waals surface area contributed by atoms with Crippen molar-refractivity contribution in [1.29, 1.82) is 0 Å². The summed E-state index contributed by atoms with van der Waals surface area (Å²) in [6.07, 6.45) is 3.33. The molecule has 144 valence electrons. The summed E-state index contributed by atoms with van der Waals surface area (Å²) in [5.74, 6) is 0.138. The van der Waals surface area contributed by atoms with E-state index < -0.39 is 0 Å². The molecule has 2 N–H and O–H groups in total. The van der Waals surface area contributed by atoms with Crippen LogP contribution in [0, 0.1) is 0 Å². The Morgan fingerprint density at radius 3 is 1.40 bits per heavy atom. The zero-order valence-corrected chi connectivity index (χ0v) is 15.8. The van der Waals surface area contributed by atoms with E-state index in [0.717, 1.165) is 22.1 Å². The van der Waals surface area contributed by atoms with Gasteiger partial charge in [-0.2, -0.15) is 0 Å². The highest BCUT2D eigenvalue weighted by molar-refractivity contribution is 6.01. The van der Waals surface area contributed by atoms with Crippen LogP contribution in [0.5, 0.6) is 11.5 Å². The van der Waals surface area contributed by atoms with Crippen LogP contribution in [-0.2, 0) is 0 Å². The third-order valence-corrected chi connectivity index (χ3v) is 5.50. The van der Waals surface area contributed by atoms with Crippen LogP contribution in [-0.4, -0.2) is 29.3 Å². The fourth-order valence-corrected chi connectivity index (χ4v) is 4.11. The summed E-state index contributed by atoms with van der Waals surface area (Å²) in [7, 11) is 0. The second-order valence-corrected chi connectivity index (χ2v) is 7.15. The Kier molecular flexibility index (Phi) is 3.37. The first-order chi connectivity index (χ1) is 14.7. The van der Waals surface area contributed by atoms with Crippen LogP contribution < -0.4 is 0 Å². The summed E-state index contributed by atoms with van der Waals surface area (Å²) in [6.45, 7) is 0. The number of fused-ring (bicyclic) bond motifs is 3. The minimum atomic E-state index is 0.0688. The van der Waals surface area contributed by atoms with Crippen LogP contribution in [0.15, 0.2) is 85.5 Å². The highest BCUT2D eigenvalue weighted by atomic mass is 16.3. The number of rotatable bonds is 2. The van der Waals surface area contributed by atoms with Gasteiger partial charge in [-0.15, -0.1) is 0 Å². The van der Waals surface area contributed by atoms with Crippen molar-refractivity contribution < 1.29 is 10.2 Å². The van der Waals surface area contributed by atoms with Crippen LogP contribution in [0.4, 0.5) is 0 Å². The maximum atomic E-state index is 11.4. The minimum absolute atomic E-state index is 0.0688. The van der Waals surface area contributed by atoms with Gasteiger partial charge in [-0.05, 0) is 24.3 Å². The molecule has 0 aliphatic carbocycles. The maximum Gasteiger partial charge on any atom is 0.149 e. The van der Waals surface area contributed by atoms with E-state index in [4.69, 9.17) is 0 Å². The van der Waals surface area contributed by atoms with Crippen molar-refractivity contribution in [1.82, 2.24) is 19.1 Å². The van der Waals surface area contributed by atoms with Crippen LogP contribution in [0.1, 0.15) is 0 Å². The van der Waals surface area contributed by atoms with Gasteiger partial charge in [-0.25, -0.2) is 9.97 Å². The third-order valence-electron chi connectivity index (χ3n) is 5.50. The van der Waals surface area contributed by atoms with Crippen LogP contribution >= 0.6 is 0 Å². The first-order valence-corrected chi connectivity index (χ1v) is 9.55. The van der Waals surface area contributed by atoms with Gasteiger partial charge in [0, 0.05) is 10.8 Å². The van der Waals surface area contributed by atoms with Gasteiger partial charge in [-0.3, -0.25) is 9.13 Å². The lowest BCUT2D eigenvalue weighted by atomic mass is 10.0. The highest BCUT2D eigenvalue weighted by Gasteiger charge is 2.24. The molecule has 6 rings (SSSR count). The molecule has 0 aliphatic rings. The molecule has 4 aromatic carbocycles. The van der Waals surface area contributed by atoms with E-state index in [1.54, 1.807) is 33.9 Å². The zero-order valence-electron chi connectivity index (χ0n) is 15.8. The lowest BCUT2D eigenvalue weighted by molar-refractivity contribution is 0.465. The topological polar surface area (TPSA) is 76.1 Å². The number of para-hydroxylation sites is 4. The molecule has 0 saturated heterocycles. The van der Waals surface area contributed by atoms with Crippen molar-refractivity contribution in [2.45, 2.75) is 0 Å². The van der Waals surface area contributed by atoms with Gasteiger partial charge < -0.3 is 10.2 Å². The number of hydrogen-bond acceptors (Lipinski definition) is 4. The molecule has 0 atom stereocenters. The molecule has 0 saturated carbocycles. The van der Waals surface area contributed by atoms with Crippen molar-refractivity contribution in [3.05, 3.63) is 85.5 Å². The zero-order chi connectivity index (χ0) is 20.2. The molecule has 0 bridgehead atoms. The smallest absolute Gasteiger partial charge is 0.149 e. The van der Waals surface area contributed by atoms with Gasteiger partial charge >= 0.3 is 0 Å². The second kappa shape index (κ2) is 6.09. The number of benzene rings is 4. The molecule has 6 heteroatoms. The van der Waals surface area contributed by atoms with Gasteiger partial charge in [0.1, 0.15) is 35.5 Å². The number of imidazole rings is 2. The van der Waals surface area contributed by atoms with Crippen molar-refractivity contribution in [2.75, 3.05) is 0 Å². The van der Waals surface area contributed by atoms with E-state index >= 15 is 0 Å². The monoisotopic (exact) mass is 392 g/mol. The lowest BCUT2D eigenvalue weighted by Gasteiger charge is -2.19. The summed E-state index contributed by atoms with van der Waals surface area (Å²) in [5, 5.41) is 23.9. The van der Waals surface area contributed by atoms with Crippen molar-refractivity contribution in [3.63, 3.8) is 0 Å². The number of phenolic OH excluding ortho intramolecular Hbond substituents is 2. The van der Waals surface area contributed by atoms with E-state index in [0.29, 0.717) is 22.1 Å². The molecule has 6 nitrogen and oxygen atoms in total. The first-order valence-electron chi connectivity index (χ1n) is 9.55. The summed E-state index contributed by atoms with van der Waals surface area (Å²) >= 11 is 0. The van der Waals surface area contributed by atoms with Crippen molar-refractivity contribution in [2.24, 2.45) is 0 Å². The van der Waals surface area contributed by atoms with E-state index in [1.165, 1.54) is 0 Å². The Hall–Kier alpha value is -4.32. The van der Waals surface area contributed by atoms with Gasteiger partial charge in [0.05, 0.1) is 22.1 Å². The predicted molar refractivity (Wildman–Crippen MR) is 117 cm³/mol. The number of phenols is 2. The lowest BCUT2D eigenvalue weighted by Crippen LogP contribution is -2.04. The number of aromatic nitrogens is 4. The van der Waals surface area contributed by atoms with Crippen molar-refractivity contribution in [3.8, 4) is 22.9 Å².